The minimum atomic E-state index is -0.736. The first-order valence-corrected chi connectivity index (χ1v) is 11.4. The fraction of sp³-hybridized carbons (Fsp3) is 0.875. The first-order valence-electron chi connectivity index (χ1n) is 11.4. The second-order valence-corrected chi connectivity index (χ2v) is 10.9. The van der Waals surface area contributed by atoms with Gasteiger partial charge in [0.25, 0.3) is 0 Å². The Morgan fingerprint density at radius 1 is 1.11 bits per heavy atom. The summed E-state index contributed by atoms with van der Waals surface area (Å²) in [6.07, 6.45) is 8.43. The molecule has 8 atom stereocenters. The Bertz CT molecular complexity index is 684. The Hall–Kier alpha value is -1.19. The zero-order valence-corrected chi connectivity index (χ0v) is 17.7. The molecule has 28 heavy (non-hydrogen) atoms. The quantitative estimate of drug-likeness (QED) is 0.744. The molecule has 0 amide bonds. The van der Waals surface area contributed by atoms with E-state index in [1.165, 1.54) is 6.42 Å². The molecule has 0 bridgehead atoms. The number of rotatable bonds is 4. The van der Waals surface area contributed by atoms with Gasteiger partial charge in [0, 0.05) is 31.1 Å². The molecule has 4 fully saturated rings. The molecule has 4 aliphatic carbocycles. The van der Waals surface area contributed by atoms with Crippen LogP contribution in [0.4, 0.5) is 0 Å². The molecule has 4 nitrogen and oxygen atoms in total. The highest BCUT2D eigenvalue weighted by Gasteiger charge is 2.63. The zero-order valence-electron chi connectivity index (χ0n) is 17.7. The topological polar surface area (TPSA) is 71.4 Å². The number of carbonyl (C=O) groups excluding carboxylic acids is 2. The van der Waals surface area contributed by atoms with Gasteiger partial charge in [-0.1, -0.05) is 20.8 Å². The summed E-state index contributed by atoms with van der Waals surface area (Å²) in [6, 6.07) is 0. The molecular weight excluding hydrogens is 352 g/mol. The van der Waals surface area contributed by atoms with Crippen molar-refractivity contribution in [3.8, 4) is 0 Å². The number of fused-ring (bicyclic) bond motifs is 5. The second-order valence-electron chi connectivity index (χ2n) is 10.9. The Kier molecular flexibility index (Phi) is 4.99. The van der Waals surface area contributed by atoms with Crippen LogP contribution in [0.2, 0.25) is 0 Å². The largest absolute Gasteiger partial charge is 0.481 e. The van der Waals surface area contributed by atoms with Gasteiger partial charge in [-0.25, -0.2) is 0 Å². The van der Waals surface area contributed by atoms with E-state index in [1.807, 2.05) is 0 Å². The Morgan fingerprint density at radius 2 is 1.86 bits per heavy atom. The van der Waals surface area contributed by atoms with Gasteiger partial charge in [0.2, 0.25) is 0 Å². The molecule has 0 aromatic carbocycles. The van der Waals surface area contributed by atoms with Gasteiger partial charge < -0.3 is 5.11 Å². The second kappa shape index (κ2) is 6.95. The van der Waals surface area contributed by atoms with Gasteiger partial charge in [-0.15, -0.1) is 0 Å². The molecule has 0 spiro atoms. The molecule has 4 saturated carbocycles. The lowest BCUT2D eigenvalue weighted by atomic mass is 9.44. The summed E-state index contributed by atoms with van der Waals surface area (Å²) in [5, 5.41) is 9.07. The van der Waals surface area contributed by atoms with Crippen LogP contribution in [-0.2, 0) is 14.4 Å². The SMILES string of the molecule is C[C@H](CCC(=O)O)C1CCC2[C@@H]3CC[C@@H]4CC(=O)CC[C@]4(C)[C@H]3CC(=O)[C@]12C. The van der Waals surface area contributed by atoms with E-state index in [-0.39, 0.29) is 23.2 Å². The third kappa shape index (κ3) is 2.89. The summed E-state index contributed by atoms with van der Waals surface area (Å²) in [6.45, 7) is 6.74. The number of hydrogen-bond acceptors (Lipinski definition) is 3. The average molecular weight is 389 g/mol. The Labute approximate surface area is 168 Å². The van der Waals surface area contributed by atoms with Crippen LogP contribution in [0.15, 0.2) is 0 Å². The summed E-state index contributed by atoms with van der Waals surface area (Å²) >= 11 is 0. The summed E-state index contributed by atoms with van der Waals surface area (Å²) in [4.78, 5) is 36.7. The van der Waals surface area contributed by atoms with E-state index in [0.717, 1.165) is 32.1 Å². The number of Topliss-reactive ketones (excluding diaryl/α,β-unsaturated/α-hetero) is 2. The maximum Gasteiger partial charge on any atom is 0.303 e. The van der Waals surface area contributed by atoms with E-state index in [9.17, 15) is 14.4 Å². The molecule has 4 heteroatoms. The predicted octanol–water partition coefficient (Wildman–Crippen LogP) is 4.89. The van der Waals surface area contributed by atoms with Crippen LogP contribution in [0.1, 0.15) is 85.0 Å². The molecule has 2 unspecified atom stereocenters. The van der Waals surface area contributed by atoms with E-state index < -0.39 is 5.97 Å². The molecule has 1 N–H and O–H groups in total. The number of ketones is 2. The number of carbonyl (C=O) groups is 3. The van der Waals surface area contributed by atoms with Crippen molar-refractivity contribution in [3.05, 3.63) is 0 Å². The van der Waals surface area contributed by atoms with Gasteiger partial charge in [0.05, 0.1) is 0 Å². The van der Waals surface area contributed by atoms with E-state index >= 15 is 0 Å². The minimum absolute atomic E-state index is 0.154. The van der Waals surface area contributed by atoms with Crippen LogP contribution >= 0.6 is 0 Å². The van der Waals surface area contributed by atoms with Crippen molar-refractivity contribution in [3.63, 3.8) is 0 Å². The van der Waals surface area contributed by atoms with E-state index in [1.54, 1.807) is 0 Å². The lowest BCUT2D eigenvalue weighted by molar-refractivity contribution is -0.159. The van der Waals surface area contributed by atoms with Gasteiger partial charge in [-0.3, -0.25) is 14.4 Å². The Balaban J connectivity index is 1.58. The van der Waals surface area contributed by atoms with Crippen molar-refractivity contribution in [2.75, 3.05) is 0 Å². The van der Waals surface area contributed by atoms with Crippen LogP contribution in [0, 0.1) is 46.3 Å². The monoisotopic (exact) mass is 388 g/mol. The van der Waals surface area contributed by atoms with Crippen molar-refractivity contribution < 1.29 is 19.5 Å². The first kappa shape index (κ1) is 20.1. The summed E-state index contributed by atoms with van der Waals surface area (Å²) in [7, 11) is 0. The first-order chi connectivity index (χ1) is 13.2. The summed E-state index contributed by atoms with van der Waals surface area (Å²) in [5.41, 5.74) is -0.117. The molecule has 4 rings (SSSR count). The van der Waals surface area contributed by atoms with Crippen molar-refractivity contribution in [2.24, 2.45) is 46.3 Å². The molecule has 156 valence electrons. The van der Waals surface area contributed by atoms with Crippen LogP contribution < -0.4 is 0 Å². The molecule has 0 aromatic heterocycles. The van der Waals surface area contributed by atoms with Crippen LogP contribution in [-0.4, -0.2) is 22.6 Å². The van der Waals surface area contributed by atoms with Crippen molar-refractivity contribution in [1.29, 1.82) is 0 Å². The standard InChI is InChI=1S/C24H36O4/c1-14(4-9-22(27)28)18-7-8-19-17-6-5-15-12-16(25)10-11-23(15,2)20(17)13-21(26)24(18,19)3/h14-15,17-20H,4-13H2,1-3H3,(H,27,28)/t14-,15-,17+,18?,19?,20+,23+,24-/m1/s1. The van der Waals surface area contributed by atoms with E-state index in [2.05, 4.69) is 20.8 Å². The fourth-order valence-electron chi connectivity index (χ4n) is 8.25. The molecule has 4 aliphatic rings. The van der Waals surface area contributed by atoms with Crippen molar-refractivity contribution >= 4 is 17.5 Å². The molecule has 0 aromatic rings. The Morgan fingerprint density at radius 3 is 2.57 bits per heavy atom. The van der Waals surface area contributed by atoms with Crippen LogP contribution in [0.5, 0.6) is 0 Å². The number of hydrogen-bond donors (Lipinski definition) is 1. The summed E-state index contributed by atoms with van der Waals surface area (Å²) in [5.74, 6) is 2.69. The molecule has 0 heterocycles. The van der Waals surface area contributed by atoms with Gasteiger partial charge in [-0.05, 0) is 79.4 Å². The molecule has 0 saturated heterocycles. The van der Waals surface area contributed by atoms with E-state index in [4.69, 9.17) is 5.11 Å². The van der Waals surface area contributed by atoms with Gasteiger partial charge >= 0.3 is 5.97 Å². The van der Waals surface area contributed by atoms with Crippen LogP contribution in [0.3, 0.4) is 0 Å². The highest BCUT2D eigenvalue weighted by Crippen LogP contribution is 2.67. The summed E-state index contributed by atoms with van der Waals surface area (Å²) < 4.78 is 0. The maximum absolute atomic E-state index is 13.6. The average Bonchev–Trinajstić information content (AvgIpc) is 3.00. The fourth-order valence-corrected chi connectivity index (χ4v) is 8.25. The van der Waals surface area contributed by atoms with E-state index in [0.29, 0.717) is 60.4 Å². The van der Waals surface area contributed by atoms with Crippen molar-refractivity contribution in [1.82, 2.24) is 0 Å². The molecular formula is C24H36O4. The predicted molar refractivity (Wildman–Crippen MR) is 107 cm³/mol. The third-order valence-corrected chi connectivity index (χ3v) is 9.91. The molecule has 0 aliphatic heterocycles. The number of carboxylic acid groups (broad SMARTS) is 1. The smallest absolute Gasteiger partial charge is 0.303 e. The third-order valence-electron chi connectivity index (χ3n) is 9.91. The zero-order chi connectivity index (χ0) is 20.3. The highest BCUT2D eigenvalue weighted by molar-refractivity contribution is 5.87. The van der Waals surface area contributed by atoms with Gasteiger partial charge in [0.15, 0.2) is 0 Å². The van der Waals surface area contributed by atoms with Gasteiger partial charge in [0.1, 0.15) is 11.6 Å². The normalized spacial score (nSPS) is 46.5. The lowest BCUT2D eigenvalue weighted by Crippen LogP contribution is -2.57. The van der Waals surface area contributed by atoms with Gasteiger partial charge in [-0.2, -0.15) is 0 Å². The number of aliphatic carboxylic acids is 1. The van der Waals surface area contributed by atoms with Crippen LogP contribution in [0.25, 0.3) is 0 Å². The van der Waals surface area contributed by atoms with Crippen molar-refractivity contribution in [2.45, 2.75) is 85.0 Å². The highest BCUT2D eigenvalue weighted by atomic mass is 16.4. The molecule has 0 radical (unpaired) electrons. The minimum Gasteiger partial charge on any atom is -0.481 e. The maximum atomic E-state index is 13.6. The lowest BCUT2D eigenvalue weighted by Gasteiger charge is -2.59. The number of carboxylic acids is 1.